The van der Waals surface area contributed by atoms with E-state index in [1.54, 1.807) is 0 Å². The highest BCUT2D eigenvalue weighted by molar-refractivity contribution is 7.17. The largest absolute Gasteiger partial charge is 0.417 e. The highest BCUT2D eigenvalue weighted by atomic mass is 32.1. The molecular formula is C15H15F3N4OS. The molecule has 0 aliphatic heterocycles. The maximum absolute atomic E-state index is 13.4. The normalized spacial score (nSPS) is 16.5. The van der Waals surface area contributed by atoms with Crippen molar-refractivity contribution in [2.75, 3.05) is 5.32 Å². The van der Waals surface area contributed by atoms with Crippen molar-refractivity contribution in [1.29, 1.82) is 0 Å². The molecule has 3 N–H and O–H groups in total. The molecule has 0 radical (unpaired) electrons. The molecule has 9 heteroatoms. The number of amides is 1. The van der Waals surface area contributed by atoms with Crippen LogP contribution in [-0.4, -0.2) is 21.4 Å². The summed E-state index contributed by atoms with van der Waals surface area (Å²) in [5.74, 6) is -0.586. The van der Waals surface area contributed by atoms with E-state index in [9.17, 15) is 18.0 Å². The van der Waals surface area contributed by atoms with Gasteiger partial charge in [0.05, 0.1) is 10.4 Å². The summed E-state index contributed by atoms with van der Waals surface area (Å²) in [7, 11) is 0. The standard InChI is InChI=1S/C15H15F3N4OS/c1-14(3-2-4-14)22-11-5-9(15(16,17)18)8(6-20-11)10-7-21-13(24-10)12(19)23/h5-7H,2-4H2,1H3,(H2,19,23)(H,20,22). The Morgan fingerprint density at radius 1 is 1.33 bits per heavy atom. The fourth-order valence-corrected chi connectivity index (χ4v) is 3.40. The van der Waals surface area contributed by atoms with Gasteiger partial charge >= 0.3 is 6.18 Å². The van der Waals surface area contributed by atoms with Gasteiger partial charge in [-0.1, -0.05) is 0 Å². The number of nitrogens with zero attached hydrogens (tertiary/aromatic N) is 2. The van der Waals surface area contributed by atoms with E-state index in [4.69, 9.17) is 5.73 Å². The Hall–Kier alpha value is -2.16. The first-order chi connectivity index (χ1) is 11.2. The van der Waals surface area contributed by atoms with Crippen LogP contribution in [0.1, 0.15) is 41.6 Å². The molecule has 1 amide bonds. The minimum absolute atomic E-state index is 0.0395. The van der Waals surface area contributed by atoms with Crippen LogP contribution in [-0.2, 0) is 6.18 Å². The van der Waals surface area contributed by atoms with E-state index in [0.717, 1.165) is 42.9 Å². The van der Waals surface area contributed by atoms with Crippen molar-refractivity contribution in [1.82, 2.24) is 9.97 Å². The summed E-state index contributed by atoms with van der Waals surface area (Å²) in [4.78, 5) is 19.2. The van der Waals surface area contributed by atoms with E-state index in [2.05, 4.69) is 15.3 Å². The molecule has 3 rings (SSSR count). The number of carbonyl (C=O) groups excluding carboxylic acids is 1. The Labute approximate surface area is 140 Å². The quantitative estimate of drug-likeness (QED) is 0.876. The van der Waals surface area contributed by atoms with Gasteiger partial charge < -0.3 is 11.1 Å². The summed E-state index contributed by atoms with van der Waals surface area (Å²) in [5.41, 5.74) is 3.97. The lowest BCUT2D eigenvalue weighted by Crippen LogP contribution is -2.41. The number of nitrogens with two attached hydrogens (primary N) is 1. The number of hydrogen-bond donors (Lipinski definition) is 2. The highest BCUT2D eigenvalue weighted by Gasteiger charge is 2.37. The predicted octanol–water partition coefficient (Wildman–Crippen LogP) is 3.68. The molecule has 0 atom stereocenters. The number of primary amides is 1. The average molecular weight is 356 g/mol. The van der Waals surface area contributed by atoms with Crippen LogP contribution >= 0.6 is 11.3 Å². The molecule has 0 bridgehead atoms. The number of alkyl halides is 3. The van der Waals surface area contributed by atoms with Crippen molar-refractivity contribution >= 4 is 23.1 Å². The van der Waals surface area contributed by atoms with Gasteiger partial charge in [0.15, 0.2) is 5.01 Å². The summed E-state index contributed by atoms with van der Waals surface area (Å²) in [6, 6.07) is 1.00. The number of nitrogens with one attached hydrogen (secondary N) is 1. The maximum Gasteiger partial charge on any atom is 0.417 e. The molecule has 128 valence electrons. The second-order valence-electron chi connectivity index (χ2n) is 6.05. The minimum atomic E-state index is -4.55. The first-order valence-electron chi connectivity index (χ1n) is 7.29. The number of thiazole rings is 1. The number of rotatable bonds is 4. The number of aromatic nitrogens is 2. The van der Waals surface area contributed by atoms with E-state index < -0.39 is 17.6 Å². The zero-order chi connectivity index (χ0) is 17.5. The van der Waals surface area contributed by atoms with Crippen LogP contribution in [0, 0.1) is 0 Å². The molecule has 2 aromatic heterocycles. The van der Waals surface area contributed by atoms with Gasteiger partial charge in [0.2, 0.25) is 0 Å². The van der Waals surface area contributed by atoms with Crippen LogP contribution in [0.5, 0.6) is 0 Å². The fourth-order valence-electron chi connectivity index (χ4n) is 2.61. The number of pyridine rings is 1. The Morgan fingerprint density at radius 2 is 2.04 bits per heavy atom. The first kappa shape index (κ1) is 16.7. The van der Waals surface area contributed by atoms with E-state index in [-0.39, 0.29) is 26.8 Å². The van der Waals surface area contributed by atoms with Crippen LogP contribution in [0.25, 0.3) is 10.4 Å². The monoisotopic (exact) mass is 356 g/mol. The molecule has 1 aliphatic rings. The van der Waals surface area contributed by atoms with Gasteiger partial charge in [-0.3, -0.25) is 4.79 Å². The molecule has 0 aromatic carbocycles. The summed E-state index contributed by atoms with van der Waals surface area (Å²) in [6.07, 6.45) is 0.655. The lowest BCUT2D eigenvalue weighted by Gasteiger charge is -2.39. The maximum atomic E-state index is 13.4. The molecule has 1 aliphatic carbocycles. The fraction of sp³-hybridized carbons (Fsp3) is 0.400. The molecule has 1 saturated carbocycles. The van der Waals surface area contributed by atoms with E-state index in [0.29, 0.717) is 0 Å². The lowest BCUT2D eigenvalue weighted by atomic mass is 9.78. The van der Waals surface area contributed by atoms with Crippen LogP contribution in [0.4, 0.5) is 19.0 Å². The second-order valence-corrected chi connectivity index (χ2v) is 7.08. The third-order valence-corrected chi connectivity index (χ3v) is 5.12. The number of hydrogen-bond acceptors (Lipinski definition) is 5. The zero-order valence-electron chi connectivity index (χ0n) is 12.8. The van der Waals surface area contributed by atoms with Gasteiger partial charge in [-0.2, -0.15) is 13.2 Å². The zero-order valence-corrected chi connectivity index (χ0v) is 13.6. The van der Waals surface area contributed by atoms with Crippen molar-refractivity contribution in [3.05, 3.63) is 29.0 Å². The van der Waals surface area contributed by atoms with Gasteiger partial charge in [0.1, 0.15) is 5.82 Å². The average Bonchev–Trinajstić information content (AvgIpc) is 2.94. The molecule has 2 heterocycles. The molecule has 1 fully saturated rings. The summed E-state index contributed by atoms with van der Waals surface area (Å²) in [5, 5.41) is 3.03. The number of halogens is 3. The van der Waals surface area contributed by atoms with Gasteiger partial charge in [-0.15, -0.1) is 11.3 Å². The SMILES string of the molecule is CC1(Nc2cc(C(F)(F)F)c(-c3cnc(C(N)=O)s3)cn2)CCC1. The third kappa shape index (κ3) is 3.21. The first-order valence-corrected chi connectivity index (χ1v) is 8.11. The van der Waals surface area contributed by atoms with Gasteiger partial charge in [-0.25, -0.2) is 9.97 Å². The number of anilines is 1. The second kappa shape index (κ2) is 5.73. The molecule has 2 aromatic rings. The summed E-state index contributed by atoms with van der Waals surface area (Å²) in [6.45, 7) is 1.96. The van der Waals surface area contributed by atoms with E-state index in [1.807, 2.05) is 6.92 Å². The van der Waals surface area contributed by atoms with Crippen LogP contribution in [0.15, 0.2) is 18.5 Å². The highest BCUT2D eigenvalue weighted by Crippen LogP contribution is 2.41. The van der Waals surface area contributed by atoms with Crippen molar-refractivity contribution in [2.24, 2.45) is 5.73 Å². The summed E-state index contributed by atoms with van der Waals surface area (Å²) >= 11 is 0.813. The van der Waals surface area contributed by atoms with Crippen LogP contribution < -0.4 is 11.1 Å². The van der Waals surface area contributed by atoms with Crippen LogP contribution in [0.3, 0.4) is 0 Å². The Morgan fingerprint density at radius 3 is 2.54 bits per heavy atom. The molecule has 0 unspecified atom stereocenters. The predicted molar refractivity (Wildman–Crippen MR) is 84.7 cm³/mol. The van der Waals surface area contributed by atoms with Gasteiger partial charge in [0, 0.05) is 23.5 Å². The smallest absolute Gasteiger partial charge is 0.365 e. The molecule has 24 heavy (non-hydrogen) atoms. The van der Waals surface area contributed by atoms with Crippen molar-refractivity contribution in [2.45, 2.75) is 37.9 Å². The van der Waals surface area contributed by atoms with Crippen molar-refractivity contribution in [3.63, 3.8) is 0 Å². The summed E-state index contributed by atoms with van der Waals surface area (Å²) < 4.78 is 40.3. The Bertz CT molecular complexity index is 783. The van der Waals surface area contributed by atoms with Gasteiger partial charge in [-0.05, 0) is 32.3 Å². The number of carbonyl (C=O) groups is 1. The van der Waals surface area contributed by atoms with E-state index in [1.165, 1.54) is 6.20 Å². The van der Waals surface area contributed by atoms with Crippen molar-refractivity contribution < 1.29 is 18.0 Å². The molecule has 0 saturated heterocycles. The van der Waals surface area contributed by atoms with Crippen LogP contribution in [0.2, 0.25) is 0 Å². The topological polar surface area (TPSA) is 80.9 Å². The third-order valence-electron chi connectivity index (χ3n) is 4.08. The Balaban J connectivity index is 2.00. The molecule has 5 nitrogen and oxygen atoms in total. The van der Waals surface area contributed by atoms with E-state index >= 15 is 0 Å². The lowest BCUT2D eigenvalue weighted by molar-refractivity contribution is -0.137. The molecule has 0 spiro atoms. The van der Waals surface area contributed by atoms with Crippen molar-refractivity contribution in [3.8, 4) is 10.4 Å². The van der Waals surface area contributed by atoms with Gasteiger partial charge in [0.25, 0.3) is 5.91 Å². The Kier molecular flexibility index (Phi) is 3.98. The minimum Gasteiger partial charge on any atom is -0.365 e. The molecular weight excluding hydrogens is 341 g/mol.